The number of piperidine rings is 1. The molecule has 6 heteroatoms. The first-order valence-corrected chi connectivity index (χ1v) is 8.97. The molecule has 0 aliphatic carbocycles. The fraction of sp³-hybridized carbons (Fsp3) is 0.333. The molecular formula is C18H21BrN4O. The molecule has 1 aromatic carbocycles. The fourth-order valence-electron chi connectivity index (χ4n) is 2.82. The summed E-state index contributed by atoms with van der Waals surface area (Å²) in [4.78, 5) is 17.3. The Balaban J connectivity index is 1.63. The van der Waals surface area contributed by atoms with Crippen LogP contribution in [0.4, 0.5) is 5.69 Å². The van der Waals surface area contributed by atoms with E-state index >= 15 is 0 Å². The number of nitrogens with zero attached hydrogens (tertiary/aromatic N) is 2. The van der Waals surface area contributed by atoms with Gasteiger partial charge in [-0.1, -0.05) is 12.1 Å². The first-order chi connectivity index (χ1) is 11.6. The molecule has 0 bridgehead atoms. The maximum absolute atomic E-state index is 12.0. The van der Waals surface area contributed by atoms with Gasteiger partial charge in [0.2, 0.25) is 0 Å². The van der Waals surface area contributed by atoms with Gasteiger partial charge in [-0.3, -0.25) is 4.79 Å². The van der Waals surface area contributed by atoms with Crippen molar-refractivity contribution in [2.45, 2.75) is 26.2 Å². The van der Waals surface area contributed by atoms with Gasteiger partial charge < -0.3 is 9.88 Å². The normalized spacial score (nSPS) is 15.4. The van der Waals surface area contributed by atoms with Gasteiger partial charge >= 0.3 is 0 Å². The second-order valence-corrected chi connectivity index (χ2v) is 6.88. The topological polar surface area (TPSA) is 60.5 Å². The third-order valence-electron chi connectivity index (χ3n) is 4.22. The van der Waals surface area contributed by atoms with Gasteiger partial charge in [-0.2, -0.15) is 5.10 Å². The van der Waals surface area contributed by atoms with E-state index in [0.717, 1.165) is 28.8 Å². The highest BCUT2D eigenvalue weighted by atomic mass is 79.9. The molecule has 2 heterocycles. The van der Waals surface area contributed by atoms with E-state index in [-0.39, 0.29) is 5.91 Å². The smallest absolute Gasteiger partial charge is 0.287 e. The highest BCUT2D eigenvalue weighted by molar-refractivity contribution is 9.10. The molecule has 1 aromatic heterocycles. The zero-order chi connectivity index (χ0) is 16.9. The monoisotopic (exact) mass is 388 g/mol. The predicted molar refractivity (Wildman–Crippen MR) is 101 cm³/mol. The number of aromatic amines is 1. The van der Waals surface area contributed by atoms with Gasteiger partial charge in [0.05, 0.1) is 5.71 Å². The lowest BCUT2D eigenvalue weighted by molar-refractivity contribution is 0.0950. The minimum absolute atomic E-state index is 0.259. The van der Waals surface area contributed by atoms with Crippen LogP contribution in [-0.4, -0.2) is 29.7 Å². The summed E-state index contributed by atoms with van der Waals surface area (Å²) in [6.45, 7) is 4.16. The van der Waals surface area contributed by atoms with E-state index in [1.54, 1.807) is 12.3 Å². The largest absolute Gasteiger partial charge is 0.372 e. The summed E-state index contributed by atoms with van der Waals surface area (Å²) in [6, 6.07) is 10.1. The number of hydrogen-bond donors (Lipinski definition) is 2. The molecule has 0 atom stereocenters. The Morgan fingerprint density at radius 3 is 2.54 bits per heavy atom. The summed E-state index contributed by atoms with van der Waals surface area (Å²) in [6.07, 6.45) is 5.58. The number of aromatic nitrogens is 1. The van der Waals surface area contributed by atoms with Crippen molar-refractivity contribution < 1.29 is 4.79 Å². The third-order valence-corrected chi connectivity index (χ3v) is 4.68. The van der Waals surface area contributed by atoms with Crippen LogP contribution in [0.2, 0.25) is 0 Å². The molecule has 24 heavy (non-hydrogen) atoms. The number of carbonyl (C=O) groups is 1. The Morgan fingerprint density at radius 1 is 1.21 bits per heavy atom. The molecule has 0 saturated carbocycles. The van der Waals surface area contributed by atoms with E-state index in [1.165, 1.54) is 24.9 Å². The van der Waals surface area contributed by atoms with E-state index in [2.05, 4.69) is 60.6 Å². The first kappa shape index (κ1) is 16.8. The lowest BCUT2D eigenvalue weighted by Crippen LogP contribution is -2.29. The Kier molecular flexibility index (Phi) is 5.35. The number of amides is 1. The van der Waals surface area contributed by atoms with Gasteiger partial charge in [-0.15, -0.1) is 0 Å². The van der Waals surface area contributed by atoms with E-state index in [9.17, 15) is 4.79 Å². The van der Waals surface area contributed by atoms with Crippen LogP contribution in [0.3, 0.4) is 0 Å². The Hall–Kier alpha value is -2.08. The van der Waals surface area contributed by atoms with Gasteiger partial charge in [0.25, 0.3) is 5.91 Å². The van der Waals surface area contributed by atoms with Crippen LogP contribution in [0, 0.1) is 0 Å². The molecule has 0 radical (unpaired) electrons. The molecule has 1 aliphatic rings. The Labute approximate surface area is 150 Å². The molecule has 0 spiro atoms. The summed E-state index contributed by atoms with van der Waals surface area (Å²) >= 11 is 3.31. The number of hydrogen-bond acceptors (Lipinski definition) is 3. The third kappa shape index (κ3) is 4.06. The van der Waals surface area contributed by atoms with E-state index in [1.807, 2.05) is 6.92 Å². The molecule has 0 unspecified atom stereocenters. The summed E-state index contributed by atoms with van der Waals surface area (Å²) in [5, 5.41) is 4.19. The zero-order valence-electron chi connectivity index (χ0n) is 13.7. The SMILES string of the molecule is C/C(=N/NC(=O)c1cc(Br)c[nH]1)c1ccc(N2CCCCC2)cc1. The second kappa shape index (κ2) is 7.66. The number of carbonyl (C=O) groups excluding carboxylic acids is 1. The van der Waals surface area contributed by atoms with E-state index < -0.39 is 0 Å². The van der Waals surface area contributed by atoms with Crippen molar-refractivity contribution in [2.24, 2.45) is 5.10 Å². The van der Waals surface area contributed by atoms with E-state index in [0.29, 0.717) is 5.69 Å². The molecule has 1 aliphatic heterocycles. The first-order valence-electron chi connectivity index (χ1n) is 8.17. The second-order valence-electron chi connectivity index (χ2n) is 5.96. The van der Waals surface area contributed by atoms with Crippen LogP contribution < -0.4 is 10.3 Å². The van der Waals surface area contributed by atoms with Crippen LogP contribution in [0.25, 0.3) is 0 Å². The Morgan fingerprint density at radius 2 is 1.92 bits per heavy atom. The van der Waals surface area contributed by atoms with Crippen LogP contribution in [0.1, 0.15) is 42.2 Å². The molecule has 1 fully saturated rings. The number of nitrogens with one attached hydrogen (secondary N) is 2. The number of rotatable bonds is 4. The molecule has 3 rings (SSSR count). The lowest BCUT2D eigenvalue weighted by Gasteiger charge is -2.28. The average molecular weight is 389 g/mol. The number of H-pyrrole nitrogens is 1. The quantitative estimate of drug-likeness (QED) is 0.615. The maximum atomic E-state index is 12.0. The highest BCUT2D eigenvalue weighted by Gasteiger charge is 2.11. The minimum atomic E-state index is -0.259. The summed E-state index contributed by atoms with van der Waals surface area (Å²) in [5.41, 5.74) is 6.08. The summed E-state index contributed by atoms with van der Waals surface area (Å²) in [5.74, 6) is -0.259. The fourth-order valence-corrected chi connectivity index (χ4v) is 3.17. The number of hydrazone groups is 1. The number of benzene rings is 1. The maximum Gasteiger partial charge on any atom is 0.287 e. The van der Waals surface area contributed by atoms with Crippen LogP contribution >= 0.6 is 15.9 Å². The molecular weight excluding hydrogens is 368 g/mol. The predicted octanol–water partition coefficient (Wildman–Crippen LogP) is 3.92. The van der Waals surface area contributed by atoms with Gasteiger partial charge in [0.15, 0.2) is 0 Å². The standard InChI is InChI=1S/C18H21BrN4O/c1-13(21-22-18(24)17-11-15(19)12-20-17)14-5-7-16(8-6-14)23-9-3-2-4-10-23/h5-8,11-12,20H,2-4,9-10H2,1H3,(H,22,24)/b21-13-. The van der Waals surface area contributed by atoms with Crippen molar-refractivity contribution in [1.82, 2.24) is 10.4 Å². The van der Waals surface area contributed by atoms with Crippen LogP contribution in [-0.2, 0) is 0 Å². The zero-order valence-corrected chi connectivity index (χ0v) is 15.3. The molecule has 2 aromatic rings. The van der Waals surface area contributed by atoms with Crippen LogP contribution in [0.5, 0.6) is 0 Å². The van der Waals surface area contributed by atoms with Crippen molar-refractivity contribution in [2.75, 3.05) is 18.0 Å². The van der Waals surface area contributed by atoms with Gasteiger partial charge in [-0.05, 0) is 65.9 Å². The molecule has 5 nitrogen and oxygen atoms in total. The summed E-state index contributed by atoms with van der Waals surface area (Å²) in [7, 11) is 0. The van der Waals surface area contributed by atoms with Crippen molar-refractivity contribution >= 4 is 33.2 Å². The van der Waals surface area contributed by atoms with Crippen LogP contribution in [0.15, 0.2) is 46.1 Å². The van der Waals surface area contributed by atoms with Gasteiger partial charge in [0, 0.05) is 29.4 Å². The molecule has 2 N–H and O–H groups in total. The highest BCUT2D eigenvalue weighted by Crippen LogP contribution is 2.20. The van der Waals surface area contributed by atoms with Gasteiger partial charge in [0.1, 0.15) is 5.69 Å². The van der Waals surface area contributed by atoms with Crippen molar-refractivity contribution in [1.29, 1.82) is 0 Å². The minimum Gasteiger partial charge on any atom is -0.372 e. The summed E-state index contributed by atoms with van der Waals surface area (Å²) < 4.78 is 0.835. The Bertz CT molecular complexity index is 730. The number of anilines is 1. The number of halogens is 1. The molecule has 1 amide bonds. The van der Waals surface area contributed by atoms with Crippen molar-refractivity contribution in [3.63, 3.8) is 0 Å². The molecule has 1 saturated heterocycles. The van der Waals surface area contributed by atoms with Crippen molar-refractivity contribution in [3.8, 4) is 0 Å². The van der Waals surface area contributed by atoms with Crippen molar-refractivity contribution in [3.05, 3.63) is 52.3 Å². The van der Waals surface area contributed by atoms with E-state index in [4.69, 9.17) is 0 Å². The van der Waals surface area contributed by atoms with Gasteiger partial charge in [-0.25, -0.2) is 5.43 Å². The lowest BCUT2D eigenvalue weighted by atomic mass is 10.1. The molecule has 126 valence electrons. The average Bonchev–Trinajstić information content (AvgIpc) is 3.07.